The van der Waals surface area contributed by atoms with Gasteiger partial charge in [-0.25, -0.2) is 0 Å². The molecule has 0 unspecified atom stereocenters. The lowest BCUT2D eigenvalue weighted by molar-refractivity contribution is -0.123. The molecule has 2 amide bonds. The molecule has 1 heterocycles. The number of carbonyl (C=O) groups excluding carboxylic acids is 2. The number of thiocarbonyl (C=S) groups is 1. The molecule has 9 heteroatoms. The fraction of sp³-hybridized carbons (Fsp3) is 0.105. The molecule has 1 saturated heterocycles. The number of rotatable bonds is 5. The highest BCUT2D eigenvalue weighted by atomic mass is 32.2. The lowest BCUT2D eigenvalue weighted by Gasteiger charge is -2.15. The molecule has 144 valence electrons. The summed E-state index contributed by atoms with van der Waals surface area (Å²) in [6.45, 7) is 0. The molecule has 0 spiro atoms. The zero-order valence-corrected chi connectivity index (χ0v) is 16.6. The van der Waals surface area contributed by atoms with Crippen LogP contribution in [-0.4, -0.2) is 40.5 Å². The topological polar surface area (TPSA) is 88.1 Å². The number of aromatic hydroxyl groups is 1. The molecular formula is C19H16N2O5S2. The molecule has 7 nitrogen and oxygen atoms in total. The number of nitrogens with zero attached hydrogens (tertiary/aromatic N) is 1. The van der Waals surface area contributed by atoms with Crippen LogP contribution >= 0.6 is 24.0 Å². The minimum atomic E-state index is -0.563. The van der Waals surface area contributed by atoms with Crippen molar-refractivity contribution < 1.29 is 24.2 Å². The third-order valence-corrected chi connectivity index (χ3v) is 5.14. The van der Waals surface area contributed by atoms with E-state index in [0.29, 0.717) is 22.0 Å². The van der Waals surface area contributed by atoms with Gasteiger partial charge in [-0.2, -0.15) is 5.01 Å². The Kier molecular flexibility index (Phi) is 5.86. The normalized spacial score (nSPS) is 15.1. The Bertz CT molecular complexity index is 990. The highest BCUT2D eigenvalue weighted by Gasteiger charge is 2.34. The summed E-state index contributed by atoms with van der Waals surface area (Å²) in [7, 11) is 3.07. The van der Waals surface area contributed by atoms with Crippen LogP contribution in [0.5, 0.6) is 17.2 Å². The van der Waals surface area contributed by atoms with Gasteiger partial charge in [-0.05, 0) is 54.7 Å². The number of carbonyl (C=O) groups is 2. The van der Waals surface area contributed by atoms with Crippen LogP contribution in [0, 0.1) is 0 Å². The summed E-state index contributed by atoms with van der Waals surface area (Å²) in [4.78, 5) is 25.4. The monoisotopic (exact) mass is 416 g/mol. The average Bonchev–Trinajstić information content (AvgIpc) is 2.95. The summed E-state index contributed by atoms with van der Waals surface area (Å²) in [6, 6.07) is 11.0. The Hall–Kier alpha value is -3.04. The van der Waals surface area contributed by atoms with E-state index in [1.54, 1.807) is 31.4 Å². The van der Waals surface area contributed by atoms with E-state index < -0.39 is 11.8 Å². The third-order valence-electron chi connectivity index (χ3n) is 3.84. The standard InChI is InChI=1S/C19H16N2O5S2/c1-25-14-6-7-15(26-2)12(9-14)10-16-18(24)21(19(27)28-16)20-17(23)11-4-3-5-13(22)8-11/h3-10,22H,1-2H3,(H,20,23)/b16-10-. The van der Waals surface area contributed by atoms with Crippen molar-refractivity contribution in [3.63, 3.8) is 0 Å². The second kappa shape index (κ2) is 8.32. The molecule has 1 fully saturated rings. The van der Waals surface area contributed by atoms with E-state index in [-0.39, 0.29) is 15.6 Å². The second-order valence-electron chi connectivity index (χ2n) is 5.62. The van der Waals surface area contributed by atoms with E-state index in [4.69, 9.17) is 21.7 Å². The zero-order valence-electron chi connectivity index (χ0n) is 15.0. The Morgan fingerprint density at radius 1 is 1.21 bits per heavy atom. The fourth-order valence-electron chi connectivity index (χ4n) is 2.47. The molecule has 2 aromatic rings. The number of ether oxygens (including phenoxy) is 2. The molecule has 28 heavy (non-hydrogen) atoms. The molecule has 0 aromatic heterocycles. The lowest BCUT2D eigenvalue weighted by atomic mass is 10.1. The van der Waals surface area contributed by atoms with E-state index in [1.165, 1.54) is 31.4 Å². The first-order valence-corrected chi connectivity index (χ1v) is 9.25. The first-order valence-electron chi connectivity index (χ1n) is 8.03. The second-order valence-corrected chi connectivity index (χ2v) is 7.29. The van der Waals surface area contributed by atoms with Crippen molar-refractivity contribution in [1.82, 2.24) is 10.4 Å². The molecule has 2 N–H and O–H groups in total. The predicted octanol–water partition coefficient (Wildman–Crippen LogP) is 2.96. The number of benzene rings is 2. The Labute approximate surface area is 170 Å². The number of hydrogen-bond donors (Lipinski definition) is 2. The van der Waals surface area contributed by atoms with E-state index in [0.717, 1.165) is 16.8 Å². The van der Waals surface area contributed by atoms with Crippen molar-refractivity contribution in [3.05, 3.63) is 58.5 Å². The summed E-state index contributed by atoms with van der Waals surface area (Å²) in [5.41, 5.74) is 3.31. The largest absolute Gasteiger partial charge is 0.508 e. The molecule has 0 bridgehead atoms. The van der Waals surface area contributed by atoms with Gasteiger partial charge in [0.15, 0.2) is 4.32 Å². The lowest BCUT2D eigenvalue weighted by Crippen LogP contribution is -2.44. The summed E-state index contributed by atoms with van der Waals surface area (Å²) in [6.07, 6.45) is 1.63. The molecule has 1 aliphatic heterocycles. The van der Waals surface area contributed by atoms with Crippen LogP contribution in [0.4, 0.5) is 0 Å². The van der Waals surface area contributed by atoms with Crippen molar-refractivity contribution >= 4 is 46.2 Å². The van der Waals surface area contributed by atoms with Gasteiger partial charge in [0.05, 0.1) is 19.1 Å². The van der Waals surface area contributed by atoms with Gasteiger partial charge in [-0.3, -0.25) is 15.0 Å². The van der Waals surface area contributed by atoms with Crippen LogP contribution < -0.4 is 14.9 Å². The Morgan fingerprint density at radius 3 is 2.68 bits per heavy atom. The van der Waals surface area contributed by atoms with Gasteiger partial charge < -0.3 is 14.6 Å². The number of hydrazine groups is 1. The van der Waals surface area contributed by atoms with Crippen LogP contribution in [0.1, 0.15) is 15.9 Å². The first-order chi connectivity index (χ1) is 13.4. The number of hydrogen-bond acceptors (Lipinski definition) is 7. The molecule has 0 aliphatic carbocycles. The molecule has 0 atom stereocenters. The van der Waals surface area contributed by atoms with Crippen LogP contribution in [0.3, 0.4) is 0 Å². The zero-order chi connectivity index (χ0) is 20.3. The first kappa shape index (κ1) is 19.7. The van der Waals surface area contributed by atoms with Gasteiger partial charge in [-0.15, -0.1) is 0 Å². The summed E-state index contributed by atoms with van der Waals surface area (Å²) >= 11 is 6.28. The summed E-state index contributed by atoms with van der Waals surface area (Å²) in [5.74, 6) is 0.0958. The van der Waals surface area contributed by atoms with Crippen molar-refractivity contribution in [3.8, 4) is 17.2 Å². The van der Waals surface area contributed by atoms with Gasteiger partial charge in [-0.1, -0.05) is 17.8 Å². The number of phenolic OH excluding ortho intramolecular Hbond substituents is 1. The van der Waals surface area contributed by atoms with Crippen LogP contribution in [0.15, 0.2) is 47.4 Å². The smallest absolute Gasteiger partial charge is 0.285 e. The number of nitrogens with one attached hydrogen (secondary N) is 1. The maximum absolute atomic E-state index is 12.7. The van der Waals surface area contributed by atoms with E-state index in [2.05, 4.69) is 5.43 Å². The fourth-order valence-corrected chi connectivity index (χ4v) is 3.64. The molecule has 1 aliphatic rings. The highest BCUT2D eigenvalue weighted by Crippen LogP contribution is 2.34. The quantitative estimate of drug-likeness (QED) is 0.572. The van der Waals surface area contributed by atoms with Gasteiger partial charge in [0.1, 0.15) is 17.2 Å². The SMILES string of the molecule is COc1ccc(OC)c(/C=C2\SC(=S)N(NC(=O)c3cccc(O)c3)C2=O)c1. The molecule has 0 radical (unpaired) electrons. The third kappa shape index (κ3) is 4.10. The number of thioether (sulfide) groups is 1. The predicted molar refractivity (Wildman–Crippen MR) is 110 cm³/mol. The van der Waals surface area contributed by atoms with Crippen LogP contribution in [0.2, 0.25) is 0 Å². The van der Waals surface area contributed by atoms with Gasteiger partial charge in [0.25, 0.3) is 11.8 Å². The van der Waals surface area contributed by atoms with E-state index in [1.807, 2.05) is 0 Å². The minimum absolute atomic E-state index is 0.0527. The molecule has 3 rings (SSSR count). The van der Waals surface area contributed by atoms with Crippen molar-refractivity contribution in [2.75, 3.05) is 14.2 Å². The minimum Gasteiger partial charge on any atom is -0.508 e. The van der Waals surface area contributed by atoms with Crippen molar-refractivity contribution in [1.29, 1.82) is 0 Å². The number of methoxy groups -OCH3 is 2. The highest BCUT2D eigenvalue weighted by molar-refractivity contribution is 8.26. The van der Waals surface area contributed by atoms with Crippen LogP contribution in [-0.2, 0) is 4.79 Å². The Morgan fingerprint density at radius 2 is 2.00 bits per heavy atom. The van der Waals surface area contributed by atoms with Gasteiger partial charge >= 0.3 is 0 Å². The average molecular weight is 416 g/mol. The van der Waals surface area contributed by atoms with Gasteiger partial charge in [0.2, 0.25) is 0 Å². The molecular weight excluding hydrogens is 400 g/mol. The van der Waals surface area contributed by atoms with Crippen molar-refractivity contribution in [2.45, 2.75) is 0 Å². The van der Waals surface area contributed by atoms with Crippen LogP contribution in [0.25, 0.3) is 6.08 Å². The Balaban J connectivity index is 1.84. The number of amides is 2. The maximum atomic E-state index is 12.7. The summed E-state index contributed by atoms with van der Waals surface area (Å²) in [5, 5.41) is 10.5. The van der Waals surface area contributed by atoms with E-state index in [9.17, 15) is 14.7 Å². The molecule has 0 saturated carbocycles. The van der Waals surface area contributed by atoms with Gasteiger partial charge in [0, 0.05) is 11.1 Å². The maximum Gasteiger partial charge on any atom is 0.285 e. The van der Waals surface area contributed by atoms with E-state index >= 15 is 0 Å². The molecule has 2 aromatic carbocycles. The number of phenols is 1. The summed E-state index contributed by atoms with van der Waals surface area (Å²) < 4.78 is 10.7. The van der Waals surface area contributed by atoms with Crippen molar-refractivity contribution in [2.24, 2.45) is 0 Å².